The van der Waals surface area contributed by atoms with Crippen LogP contribution >= 0.6 is 0 Å². The lowest BCUT2D eigenvalue weighted by atomic mass is 10.1. The van der Waals surface area contributed by atoms with E-state index in [0.717, 1.165) is 4.90 Å². The van der Waals surface area contributed by atoms with Crippen molar-refractivity contribution >= 4 is 5.91 Å². The van der Waals surface area contributed by atoms with Crippen molar-refractivity contribution < 1.29 is 18.0 Å². The lowest BCUT2D eigenvalue weighted by Crippen LogP contribution is -2.48. The minimum absolute atomic E-state index is 0.0664. The summed E-state index contributed by atoms with van der Waals surface area (Å²) in [6, 6.07) is -1.63. The zero-order valence-electron chi connectivity index (χ0n) is 7.90. The molecule has 1 rings (SSSR count). The molecule has 1 atom stereocenters. The first-order valence-electron chi connectivity index (χ1n) is 4.47. The van der Waals surface area contributed by atoms with Crippen LogP contribution in [0.25, 0.3) is 0 Å². The zero-order chi connectivity index (χ0) is 10.8. The number of hydrogen-bond donors (Lipinski definition) is 1. The molecule has 0 aromatic heterocycles. The van der Waals surface area contributed by atoms with Crippen molar-refractivity contribution in [1.82, 2.24) is 10.2 Å². The minimum Gasteiger partial charge on any atom is -0.330 e. The molecule has 1 saturated heterocycles. The van der Waals surface area contributed by atoms with Gasteiger partial charge in [0.1, 0.15) is 6.04 Å². The van der Waals surface area contributed by atoms with E-state index in [4.69, 9.17) is 0 Å². The number of carbonyl (C=O) groups is 1. The Morgan fingerprint density at radius 2 is 2.07 bits per heavy atom. The summed E-state index contributed by atoms with van der Waals surface area (Å²) in [6.45, 7) is 2.02. The molecule has 82 valence electrons. The van der Waals surface area contributed by atoms with Crippen LogP contribution in [0.1, 0.15) is 13.3 Å². The highest BCUT2D eigenvalue weighted by Crippen LogP contribution is 2.27. The van der Waals surface area contributed by atoms with Gasteiger partial charge in [-0.2, -0.15) is 13.2 Å². The monoisotopic (exact) mass is 210 g/mol. The molecule has 1 fully saturated rings. The molecule has 0 aliphatic carbocycles. The fraction of sp³-hybridized carbons (Fsp3) is 0.875. The lowest BCUT2D eigenvalue weighted by molar-refractivity contribution is -0.188. The van der Waals surface area contributed by atoms with Gasteiger partial charge in [0, 0.05) is 20.0 Å². The average molecular weight is 210 g/mol. The largest absolute Gasteiger partial charge is 0.408 e. The second kappa shape index (κ2) is 4.16. The first kappa shape index (κ1) is 11.3. The van der Waals surface area contributed by atoms with E-state index in [9.17, 15) is 18.0 Å². The van der Waals surface area contributed by atoms with Crippen LogP contribution in [0.15, 0.2) is 0 Å². The molecule has 1 unspecified atom stereocenters. The smallest absolute Gasteiger partial charge is 0.330 e. The van der Waals surface area contributed by atoms with Gasteiger partial charge in [-0.15, -0.1) is 0 Å². The summed E-state index contributed by atoms with van der Waals surface area (Å²) < 4.78 is 37.5. The maximum atomic E-state index is 12.5. The molecule has 3 nitrogen and oxygen atoms in total. The van der Waals surface area contributed by atoms with E-state index in [1.54, 1.807) is 0 Å². The molecular formula is C8H13F3N2O. The van der Waals surface area contributed by atoms with Gasteiger partial charge in [0.25, 0.3) is 0 Å². The maximum absolute atomic E-state index is 12.5. The van der Waals surface area contributed by atoms with Crippen molar-refractivity contribution in [3.8, 4) is 0 Å². The Morgan fingerprint density at radius 3 is 2.57 bits per heavy atom. The number of amides is 1. The standard InChI is InChI=1S/C8H13F3N2O/c1-6(14)13-5-4-12-3-2-7(13)8(9,10)11/h7,12H,2-5H2,1H3. The summed E-state index contributed by atoms with van der Waals surface area (Å²) in [6.07, 6.45) is -4.39. The molecule has 14 heavy (non-hydrogen) atoms. The van der Waals surface area contributed by atoms with Gasteiger partial charge in [0.15, 0.2) is 0 Å². The molecule has 1 amide bonds. The summed E-state index contributed by atoms with van der Waals surface area (Å²) in [5.74, 6) is -0.518. The fourth-order valence-corrected chi connectivity index (χ4v) is 1.59. The summed E-state index contributed by atoms with van der Waals surface area (Å²) >= 11 is 0. The van der Waals surface area contributed by atoms with Crippen LogP contribution in [0.3, 0.4) is 0 Å². The van der Waals surface area contributed by atoms with Crippen LogP contribution < -0.4 is 5.32 Å². The highest BCUT2D eigenvalue weighted by molar-refractivity contribution is 5.73. The molecule has 1 N–H and O–H groups in total. The lowest BCUT2D eigenvalue weighted by Gasteiger charge is -2.30. The Hall–Kier alpha value is -0.780. The molecule has 1 heterocycles. The summed E-state index contributed by atoms with van der Waals surface area (Å²) in [5.41, 5.74) is 0. The normalized spacial score (nSPS) is 24.6. The number of hydrogen-bond acceptors (Lipinski definition) is 2. The highest BCUT2D eigenvalue weighted by Gasteiger charge is 2.44. The van der Waals surface area contributed by atoms with Crippen molar-refractivity contribution in [3.63, 3.8) is 0 Å². The Balaban J connectivity index is 2.79. The van der Waals surface area contributed by atoms with Crippen molar-refractivity contribution in [2.75, 3.05) is 19.6 Å². The maximum Gasteiger partial charge on any atom is 0.408 e. The summed E-state index contributed by atoms with van der Waals surface area (Å²) in [5, 5.41) is 2.84. The summed E-state index contributed by atoms with van der Waals surface area (Å²) in [7, 11) is 0. The Bertz CT molecular complexity index is 217. The fourth-order valence-electron chi connectivity index (χ4n) is 1.59. The van der Waals surface area contributed by atoms with Gasteiger partial charge < -0.3 is 10.2 Å². The van der Waals surface area contributed by atoms with E-state index in [1.807, 2.05) is 0 Å². The Kier molecular flexibility index (Phi) is 3.36. The number of nitrogens with zero attached hydrogens (tertiary/aromatic N) is 1. The van der Waals surface area contributed by atoms with E-state index in [0.29, 0.717) is 13.1 Å². The van der Waals surface area contributed by atoms with E-state index in [1.165, 1.54) is 6.92 Å². The predicted molar refractivity (Wildman–Crippen MR) is 44.7 cm³/mol. The molecule has 6 heteroatoms. The first-order valence-corrected chi connectivity index (χ1v) is 4.47. The van der Waals surface area contributed by atoms with Crippen LogP contribution in [0.2, 0.25) is 0 Å². The number of rotatable bonds is 0. The number of nitrogens with one attached hydrogen (secondary N) is 1. The topological polar surface area (TPSA) is 32.3 Å². The highest BCUT2D eigenvalue weighted by atomic mass is 19.4. The number of alkyl halides is 3. The van der Waals surface area contributed by atoms with Crippen molar-refractivity contribution in [1.29, 1.82) is 0 Å². The molecule has 0 radical (unpaired) electrons. The minimum atomic E-state index is -4.32. The second-order valence-corrected chi connectivity index (χ2v) is 3.31. The molecule has 1 aliphatic heterocycles. The Morgan fingerprint density at radius 1 is 1.43 bits per heavy atom. The van der Waals surface area contributed by atoms with Gasteiger partial charge >= 0.3 is 6.18 Å². The molecule has 0 aromatic carbocycles. The second-order valence-electron chi connectivity index (χ2n) is 3.31. The third-order valence-electron chi connectivity index (χ3n) is 2.28. The SMILES string of the molecule is CC(=O)N1CCNCCC1C(F)(F)F. The van der Waals surface area contributed by atoms with E-state index in [2.05, 4.69) is 5.32 Å². The van der Waals surface area contributed by atoms with Crippen LogP contribution in [-0.4, -0.2) is 42.7 Å². The number of halogens is 3. The van der Waals surface area contributed by atoms with Crippen LogP contribution in [-0.2, 0) is 4.79 Å². The van der Waals surface area contributed by atoms with Crippen LogP contribution in [0.4, 0.5) is 13.2 Å². The van der Waals surface area contributed by atoms with Crippen LogP contribution in [0, 0.1) is 0 Å². The van der Waals surface area contributed by atoms with Crippen molar-refractivity contribution in [2.45, 2.75) is 25.6 Å². The van der Waals surface area contributed by atoms with E-state index >= 15 is 0 Å². The molecule has 0 bridgehead atoms. The molecule has 0 aromatic rings. The molecule has 0 saturated carbocycles. The summed E-state index contributed by atoms with van der Waals surface area (Å²) in [4.78, 5) is 11.9. The molecular weight excluding hydrogens is 197 g/mol. The quantitative estimate of drug-likeness (QED) is 0.640. The first-order chi connectivity index (χ1) is 6.43. The Labute approximate surface area is 80.3 Å². The molecule has 1 aliphatic rings. The zero-order valence-corrected chi connectivity index (χ0v) is 7.90. The van der Waals surface area contributed by atoms with Crippen molar-refractivity contribution in [3.05, 3.63) is 0 Å². The van der Waals surface area contributed by atoms with Gasteiger partial charge in [0.2, 0.25) is 5.91 Å². The van der Waals surface area contributed by atoms with Gasteiger partial charge in [-0.25, -0.2) is 0 Å². The predicted octanol–water partition coefficient (Wildman–Crippen LogP) is 0.759. The van der Waals surface area contributed by atoms with Crippen molar-refractivity contribution in [2.24, 2.45) is 0 Å². The van der Waals surface area contributed by atoms with Crippen LogP contribution in [0.5, 0.6) is 0 Å². The average Bonchev–Trinajstić information content (AvgIpc) is 2.26. The van der Waals surface area contributed by atoms with E-state index < -0.39 is 18.1 Å². The molecule has 0 spiro atoms. The van der Waals surface area contributed by atoms with Gasteiger partial charge in [-0.05, 0) is 13.0 Å². The van der Waals surface area contributed by atoms with E-state index in [-0.39, 0.29) is 13.0 Å². The van der Waals surface area contributed by atoms with Gasteiger partial charge in [-0.3, -0.25) is 4.79 Å². The third-order valence-corrected chi connectivity index (χ3v) is 2.28. The van der Waals surface area contributed by atoms with Gasteiger partial charge in [-0.1, -0.05) is 0 Å². The number of carbonyl (C=O) groups excluding carboxylic acids is 1. The van der Waals surface area contributed by atoms with Gasteiger partial charge in [0.05, 0.1) is 0 Å². The third kappa shape index (κ3) is 2.60.